The fourth-order valence-corrected chi connectivity index (χ4v) is 2.86. The Kier molecular flexibility index (Phi) is 33.9. The molecule has 456 valence electrons. The molecule has 1 aromatic rings. The van der Waals surface area contributed by atoms with Gasteiger partial charge in [-0.3, -0.25) is 74.6 Å². The molecule has 0 radical (unpaired) electrons. The van der Waals surface area contributed by atoms with Crippen LogP contribution in [0.3, 0.4) is 0 Å². The van der Waals surface area contributed by atoms with Gasteiger partial charge in [-0.15, -0.1) is 0 Å². The molecule has 1 rings (SSSR count). The SMILES string of the molecule is CCCCN=C(N)NC(=N)N.CN(C)C(N)=NC(=N)N.CN(C)C(N)=NC(=N)N.CN(C)C(N)=NC(=N)N.NC(N)=NC(N)=NCCc1ccccc1.[2H]C([2H])([2H])N(C(N)=NC(=N)N)C([2H])([2H])[2H].[2H]CN(C)C(=N)N([2H])C(N)=N[2H].[2H]N([2H])C(=N)N([2H])C(=N)N(C)C([2H])([2H])[2H]. The van der Waals surface area contributed by atoms with Crippen molar-refractivity contribution in [3.63, 3.8) is 0 Å². The van der Waals surface area contributed by atoms with Gasteiger partial charge in [-0.25, -0.2) is 0 Å². The summed E-state index contributed by atoms with van der Waals surface area (Å²) in [5.41, 5.74) is 72.7. The molecule has 0 fully saturated rings. The van der Waals surface area contributed by atoms with Gasteiger partial charge in [0, 0.05) is 111 Å². The van der Waals surface area contributed by atoms with Gasteiger partial charge in [0.2, 0.25) is 29.8 Å². The number of guanidine groups is 16. The highest BCUT2D eigenvalue weighted by atomic mass is 15.3. The van der Waals surface area contributed by atoms with E-state index < -0.39 is 50.7 Å². The third-order valence-corrected chi connectivity index (χ3v) is 6.47. The summed E-state index contributed by atoms with van der Waals surface area (Å²) in [6.45, 7) is -5.23. The molecule has 0 saturated carbocycles. The smallest absolute Gasteiger partial charge is 0.218 e. The first kappa shape index (κ1) is 53.9. The number of unbranched alkanes of at least 4 members (excludes halogenated alkanes) is 1. The fourth-order valence-electron chi connectivity index (χ4n) is 2.86. The standard InChI is InChI=1S/C10H15N5.C6H15N5.6C4H11N5/c11-9(12)15-10(13)14-7-6-8-4-2-1-3-5-8;1-2-3-4-10-6(9)11-5(7)8;6*1-9(2)4(7)8-3(5)6/h1-5H,6-7H2,(H6,11,12,13,14,15);2-4H2,1H3,(H6,7,8,9,10,11);6*1-2H3,(H5,5,6,7,8)/i;;1D3,2D3;1D3;1D;;;/hD5. The number of nitrogens with one attached hydrogen (secondary N) is 12. The summed E-state index contributed by atoms with van der Waals surface area (Å²) < 4.78 is 103. The second kappa shape index (κ2) is 50.3. The zero-order chi connectivity index (χ0) is 76.7. The largest absolute Gasteiger partial charge is 0.370 e. The van der Waals surface area contributed by atoms with Crippen LogP contribution in [-0.2, 0) is 6.42 Å². The van der Waals surface area contributed by atoms with Crippen LogP contribution in [0.15, 0.2) is 65.3 Å². The van der Waals surface area contributed by atoms with E-state index in [1.165, 1.54) is 17.5 Å². The molecule has 0 unspecified atom stereocenters. The summed E-state index contributed by atoms with van der Waals surface area (Å²) in [5, 5.41) is 60.9. The highest BCUT2D eigenvalue weighted by Crippen LogP contribution is 1.99. The number of nitrogens with zero attached hydrogens (tertiary/aromatic N) is 13. The molecule has 0 aliphatic heterocycles. The van der Waals surface area contributed by atoms with E-state index in [4.69, 9.17) is 144 Å². The van der Waals surface area contributed by atoms with Crippen molar-refractivity contribution < 1.29 is 20.8 Å². The van der Waals surface area contributed by atoms with Crippen LogP contribution in [0, 0.1) is 48.7 Å². The van der Waals surface area contributed by atoms with Crippen molar-refractivity contribution in [2.24, 2.45) is 121 Å². The summed E-state index contributed by atoms with van der Waals surface area (Å²) in [4.78, 5) is 31.3. The Bertz CT molecular complexity index is 2640. The van der Waals surface area contributed by atoms with Gasteiger partial charge in [-0.1, -0.05) is 43.7 Å². The zero-order valence-corrected chi connectivity index (χ0v) is 46.3. The minimum Gasteiger partial charge on any atom is -0.370 e. The normalized spacial score (nSPS) is 13.9. The highest BCUT2D eigenvalue weighted by molar-refractivity contribution is 5.97. The lowest BCUT2D eigenvalue weighted by Gasteiger charge is -2.13. The molecule has 40 heteroatoms. The molecule has 0 aromatic heterocycles. The Hall–Kier alpha value is -10.9. The molecule has 0 aliphatic carbocycles. The van der Waals surface area contributed by atoms with Crippen LogP contribution in [0.1, 0.15) is 39.0 Å². The Labute approximate surface area is 490 Å². The molecule has 42 N–H and O–H groups in total. The van der Waals surface area contributed by atoms with E-state index in [-0.39, 0.29) is 88.5 Å². The number of hydrogen-bond acceptors (Lipinski definition) is 11. The lowest BCUT2D eigenvalue weighted by atomic mass is 10.2. The first-order valence-corrected chi connectivity index (χ1v) is 21.6. The third kappa shape index (κ3) is 71.4. The molecule has 0 atom stereocenters. The third-order valence-electron chi connectivity index (χ3n) is 6.47. The van der Waals surface area contributed by atoms with Crippen LogP contribution in [0.25, 0.3) is 0 Å². The van der Waals surface area contributed by atoms with Crippen molar-refractivity contribution in [1.82, 2.24) is 45.3 Å². The maximum absolute atomic E-state index is 7.25. The molecule has 0 saturated heterocycles. The van der Waals surface area contributed by atoms with E-state index >= 15 is 0 Å². The van der Waals surface area contributed by atoms with E-state index in [9.17, 15) is 0 Å². The molecular formula is C40H96N40. The molecular weight excluding hydrogens is 1040 g/mol. The highest BCUT2D eigenvalue weighted by Gasteiger charge is 1.99. The number of aliphatic imine (C=N–C) groups is 7. The first-order chi connectivity index (χ1) is 43.0. The number of rotatable bonds is 6. The van der Waals surface area contributed by atoms with Crippen LogP contribution in [-0.4, -0.2) is 222 Å². The average molecular weight is 1150 g/mol. The molecule has 40 nitrogen and oxygen atoms in total. The number of hydrogen-bond donors (Lipinski definition) is 27. The summed E-state index contributed by atoms with van der Waals surface area (Å²) in [6.07, 6.45) is 2.90. The Balaban J connectivity index is -0.000000188. The fraction of sp³-hybridized carbons (Fsp3) is 0.450. The zero-order valence-electron chi connectivity index (χ0n) is 61.3. The maximum atomic E-state index is 7.25. The second-order valence-electron chi connectivity index (χ2n) is 14.4. The van der Waals surface area contributed by atoms with Gasteiger partial charge < -0.3 is 115 Å². The van der Waals surface area contributed by atoms with E-state index in [2.05, 4.69) is 52.6 Å². The lowest BCUT2D eigenvalue weighted by molar-refractivity contribution is 0.599. The Morgan fingerprint density at radius 2 is 0.925 bits per heavy atom. The summed E-state index contributed by atoms with van der Waals surface area (Å²) in [6, 6.07) is 10.0. The van der Waals surface area contributed by atoms with Crippen molar-refractivity contribution >= 4 is 95.4 Å². The van der Waals surface area contributed by atoms with Gasteiger partial charge >= 0.3 is 0 Å². The minimum atomic E-state index is -2.98. The van der Waals surface area contributed by atoms with E-state index in [1.807, 2.05) is 30.3 Å². The van der Waals surface area contributed by atoms with Gasteiger partial charge in [0.25, 0.3) is 0 Å². The predicted molar refractivity (Wildman–Crippen MR) is 331 cm³/mol. The van der Waals surface area contributed by atoms with Gasteiger partial charge in [0.1, 0.15) is 0 Å². The van der Waals surface area contributed by atoms with Crippen molar-refractivity contribution in [3.05, 3.63) is 35.9 Å². The van der Waals surface area contributed by atoms with Crippen molar-refractivity contribution in [1.29, 1.82) is 48.7 Å². The maximum Gasteiger partial charge on any atom is 0.218 e. The average Bonchev–Trinajstić information content (AvgIpc) is 0.834. The van der Waals surface area contributed by atoms with E-state index in [0.29, 0.717) is 23.3 Å². The summed E-state index contributed by atoms with van der Waals surface area (Å²) >= 11 is 0. The number of benzene rings is 1. The Morgan fingerprint density at radius 3 is 1.25 bits per heavy atom. The molecule has 1 aromatic carbocycles. The number of nitrogens with two attached hydrogens (primary N) is 15. The van der Waals surface area contributed by atoms with Gasteiger partial charge in [-0.05, 0) is 18.4 Å². The van der Waals surface area contributed by atoms with Crippen LogP contribution in [0.4, 0.5) is 0 Å². The van der Waals surface area contributed by atoms with Gasteiger partial charge in [0.15, 0.2) is 72.6 Å². The Morgan fingerprint density at radius 1 is 0.525 bits per heavy atom. The van der Waals surface area contributed by atoms with Crippen LogP contribution < -0.4 is 102 Å². The van der Waals surface area contributed by atoms with Crippen molar-refractivity contribution in [2.75, 3.05) is 97.4 Å². The van der Waals surface area contributed by atoms with E-state index in [0.717, 1.165) is 26.3 Å². The summed E-state index contributed by atoms with van der Waals surface area (Å²) in [5.74, 6) is -4.11. The second-order valence-corrected chi connectivity index (χ2v) is 14.4. The van der Waals surface area contributed by atoms with Gasteiger partial charge in [0.05, 0.1) is 0 Å². The monoisotopic (exact) mass is 1150 g/mol. The van der Waals surface area contributed by atoms with E-state index in [1.54, 1.807) is 57.0 Å². The topological polar surface area (TPSA) is 747 Å². The summed E-state index contributed by atoms with van der Waals surface area (Å²) in [7, 11) is 12.7. The quantitative estimate of drug-likeness (QED) is 0.0715. The van der Waals surface area contributed by atoms with Crippen LogP contribution >= 0.6 is 0 Å². The molecule has 0 amide bonds. The molecule has 0 heterocycles. The minimum absolute atomic E-state index is 0.0542. The molecule has 0 bridgehead atoms. The first-order valence-electron chi connectivity index (χ1n) is 29.0. The molecule has 80 heavy (non-hydrogen) atoms. The lowest BCUT2D eigenvalue weighted by Crippen LogP contribution is -2.42. The predicted octanol–water partition coefficient (Wildman–Crippen LogP) is -7.64. The van der Waals surface area contributed by atoms with Crippen molar-refractivity contribution in [2.45, 2.75) is 26.2 Å². The molecule has 0 spiro atoms. The van der Waals surface area contributed by atoms with Gasteiger partial charge in [-0.2, -0.15) is 25.0 Å². The van der Waals surface area contributed by atoms with Crippen LogP contribution in [0.5, 0.6) is 0 Å². The molecule has 0 aliphatic rings. The van der Waals surface area contributed by atoms with Crippen LogP contribution in [0.2, 0.25) is 7.06 Å². The van der Waals surface area contributed by atoms with Crippen molar-refractivity contribution in [3.8, 4) is 0 Å².